The van der Waals surface area contributed by atoms with E-state index in [1.165, 1.54) is 21.8 Å². The van der Waals surface area contributed by atoms with Crippen LogP contribution in [-0.2, 0) is 6.73 Å². The van der Waals surface area contributed by atoms with Crippen molar-refractivity contribution < 1.29 is 9.66 Å². The van der Waals surface area contributed by atoms with Gasteiger partial charge in [-0.05, 0) is 36.8 Å². The molecule has 25 heavy (non-hydrogen) atoms. The van der Waals surface area contributed by atoms with Crippen LogP contribution in [0.2, 0.25) is 0 Å². The highest BCUT2D eigenvalue weighted by atomic mass is 16.6. The molecule has 2 heterocycles. The van der Waals surface area contributed by atoms with Gasteiger partial charge in [0.15, 0.2) is 6.73 Å². The summed E-state index contributed by atoms with van der Waals surface area (Å²) >= 11 is 0. The van der Waals surface area contributed by atoms with E-state index in [2.05, 4.69) is 15.2 Å². The quantitative estimate of drug-likeness (QED) is 0.414. The highest BCUT2D eigenvalue weighted by Gasteiger charge is 2.08. The molecule has 0 aliphatic carbocycles. The maximum absolute atomic E-state index is 10.6. The molecule has 3 aromatic rings. The Morgan fingerprint density at radius 1 is 1.36 bits per heavy atom. The number of nitro groups is 1. The van der Waals surface area contributed by atoms with Crippen molar-refractivity contribution in [3.05, 3.63) is 64.2 Å². The minimum Gasteiger partial charge on any atom is -0.471 e. The first kappa shape index (κ1) is 16.2. The summed E-state index contributed by atoms with van der Waals surface area (Å²) in [6, 6.07) is 7.18. The summed E-state index contributed by atoms with van der Waals surface area (Å²) in [5.74, 6) is 0.926. The monoisotopic (exact) mass is 341 g/mol. The van der Waals surface area contributed by atoms with Crippen molar-refractivity contribution in [2.24, 2.45) is 5.10 Å². The molecule has 0 spiro atoms. The Morgan fingerprint density at radius 2 is 2.12 bits per heavy atom. The smallest absolute Gasteiger partial charge is 0.307 e. The molecule has 0 unspecified atom stereocenters. The van der Waals surface area contributed by atoms with E-state index in [1.54, 1.807) is 24.5 Å². The van der Waals surface area contributed by atoms with Gasteiger partial charge < -0.3 is 10.5 Å². The zero-order chi connectivity index (χ0) is 17.8. The van der Waals surface area contributed by atoms with E-state index in [0.29, 0.717) is 11.7 Å². The van der Waals surface area contributed by atoms with Crippen LogP contribution in [-0.4, -0.2) is 30.6 Å². The maximum atomic E-state index is 10.6. The second-order valence-electron chi connectivity index (χ2n) is 5.17. The van der Waals surface area contributed by atoms with Gasteiger partial charge in [-0.15, -0.1) is 0 Å². The number of rotatable bonds is 6. The molecule has 0 atom stereocenters. The fourth-order valence-corrected chi connectivity index (χ4v) is 2.03. The summed E-state index contributed by atoms with van der Waals surface area (Å²) in [6.07, 6.45) is 5.86. The SMILES string of the molecule is Cc1cn(N=Cc2ccc(OCn3cc([N+](=O)[O-])cn3)cc2)c(N)n1. The normalized spacial score (nSPS) is 11.1. The lowest BCUT2D eigenvalue weighted by Gasteiger charge is -2.05. The third-order valence-electron chi connectivity index (χ3n) is 3.24. The van der Waals surface area contributed by atoms with Gasteiger partial charge in [0.1, 0.15) is 18.1 Å². The van der Waals surface area contributed by atoms with Crippen LogP contribution in [0.15, 0.2) is 48.0 Å². The van der Waals surface area contributed by atoms with Crippen molar-refractivity contribution in [1.29, 1.82) is 0 Å². The Kier molecular flexibility index (Phi) is 4.42. The molecule has 128 valence electrons. The zero-order valence-corrected chi connectivity index (χ0v) is 13.3. The van der Waals surface area contributed by atoms with Crippen LogP contribution >= 0.6 is 0 Å². The van der Waals surface area contributed by atoms with Gasteiger partial charge in [-0.3, -0.25) is 10.1 Å². The second-order valence-corrected chi connectivity index (χ2v) is 5.17. The van der Waals surface area contributed by atoms with Crippen molar-refractivity contribution >= 4 is 17.9 Å². The Morgan fingerprint density at radius 3 is 2.72 bits per heavy atom. The molecule has 2 N–H and O–H groups in total. The Hall–Kier alpha value is -3.69. The minimum atomic E-state index is -0.508. The number of anilines is 1. The van der Waals surface area contributed by atoms with Gasteiger partial charge in [-0.25, -0.2) is 14.3 Å². The summed E-state index contributed by atoms with van der Waals surface area (Å²) in [7, 11) is 0. The third kappa shape index (κ3) is 3.99. The molecule has 0 fully saturated rings. The first-order chi connectivity index (χ1) is 12.0. The van der Waals surface area contributed by atoms with Gasteiger partial charge in [0.05, 0.1) is 23.0 Å². The van der Waals surface area contributed by atoms with Crippen molar-refractivity contribution in [2.75, 3.05) is 5.73 Å². The lowest BCUT2D eigenvalue weighted by Crippen LogP contribution is -2.05. The van der Waals surface area contributed by atoms with Crippen molar-refractivity contribution in [3.8, 4) is 5.75 Å². The molecule has 1 aromatic carbocycles. The van der Waals surface area contributed by atoms with E-state index in [1.807, 2.05) is 19.1 Å². The number of nitrogens with zero attached hydrogens (tertiary/aromatic N) is 6. The van der Waals surface area contributed by atoms with Crippen LogP contribution in [0.4, 0.5) is 11.6 Å². The van der Waals surface area contributed by atoms with E-state index >= 15 is 0 Å². The van der Waals surface area contributed by atoms with Crippen LogP contribution in [0.25, 0.3) is 0 Å². The fourth-order valence-electron chi connectivity index (χ4n) is 2.03. The van der Waals surface area contributed by atoms with E-state index < -0.39 is 4.92 Å². The first-order valence-corrected chi connectivity index (χ1v) is 7.27. The van der Waals surface area contributed by atoms with E-state index in [9.17, 15) is 10.1 Å². The molecule has 0 saturated heterocycles. The summed E-state index contributed by atoms with van der Waals surface area (Å²) < 4.78 is 8.36. The average Bonchev–Trinajstić information content (AvgIpc) is 3.18. The van der Waals surface area contributed by atoms with E-state index in [4.69, 9.17) is 10.5 Å². The second kappa shape index (κ2) is 6.83. The Bertz CT molecular complexity index is 912. The molecule has 0 saturated carbocycles. The van der Waals surface area contributed by atoms with Gasteiger partial charge in [-0.1, -0.05) is 0 Å². The van der Waals surface area contributed by atoms with Crippen molar-refractivity contribution in [1.82, 2.24) is 19.4 Å². The predicted molar refractivity (Wildman–Crippen MR) is 90.3 cm³/mol. The van der Waals surface area contributed by atoms with Gasteiger partial charge in [0, 0.05) is 0 Å². The lowest BCUT2D eigenvalue weighted by molar-refractivity contribution is -0.385. The summed E-state index contributed by atoms with van der Waals surface area (Å²) in [5, 5.41) is 18.7. The molecule has 0 radical (unpaired) electrons. The molecule has 0 aliphatic rings. The molecule has 0 aliphatic heterocycles. The maximum Gasteiger partial charge on any atom is 0.307 e. The summed E-state index contributed by atoms with van der Waals surface area (Å²) in [4.78, 5) is 14.1. The largest absolute Gasteiger partial charge is 0.471 e. The van der Waals surface area contributed by atoms with Gasteiger partial charge in [0.25, 0.3) is 0 Å². The van der Waals surface area contributed by atoms with Crippen molar-refractivity contribution in [3.63, 3.8) is 0 Å². The number of nitrogen functional groups attached to an aromatic ring is 1. The number of aryl methyl sites for hydroxylation is 1. The number of imidazole rings is 1. The van der Waals surface area contributed by atoms with Crippen LogP contribution in [0, 0.1) is 17.0 Å². The molecule has 2 aromatic heterocycles. The highest BCUT2D eigenvalue weighted by Crippen LogP contribution is 2.13. The Balaban J connectivity index is 1.60. The molecular formula is C15H15N7O3. The first-order valence-electron chi connectivity index (χ1n) is 7.27. The molecule has 3 rings (SSSR count). The number of hydrogen-bond donors (Lipinski definition) is 1. The Labute approximate surface area is 142 Å². The standard InChI is InChI=1S/C15H15N7O3/c1-11-8-21(15(16)19-11)18-6-12-2-4-14(5-3-12)25-10-20-9-13(7-17-20)22(23)24/h2-9H,10H2,1H3,(H2,16,19). The lowest BCUT2D eigenvalue weighted by atomic mass is 10.2. The minimum absolute atomic E-state index is 0.0755. The average molecular weight is 341 g/mol. The van der Waals surface area contributed by atoms with Crippen LogP contribution < -0.4 is 10.5 Å². The van der Waals surface area contributed by atoms with Crippen molar-refractivity contribution in [2.45, 2.75) is 13.7 Å². The number of ether oxygens (including phenoxy) is 1. The van der Waals surface area contributed by atoms with Crippen LogP contribution in [0.3, 0.4) is 0 Å². The molecule has 0 amide bonds. The fraction of sp³-hybridized carbons (Fsp3) is 0.133. The van der Waals surface area contributed by atoms with E-state index in [-0.39, 0.29) is 12.4 Å². The predicted octanol–water partition coefficient (Wildman–Crippen LogP) is 1.80. The topological polar surface area (TPSA) is 126 Å². The number of hydrogen-bond acceptors (Lipinski definition) is 7. The summed E-state index contributed by atoms with van der Waals surface area (Å²) in [6.45, 7) is 1.91. The molecule has 10 nitrogen and oxygen atoms in total. The molecule has 0 bridgehead atoms. The van der Waals surface area contributed by atoms with E-state index in [0.717, 1.165) is 11.3 Å². The third-order valence-corrected chi connectivity index (χ3v) is 3.24. The number of aromatic nitrogens is 4. The van der Waals surface area contributed by atoms with Crippen LogP contribution in [0.1, 0.15) is 11.3 Å². The number of nitrogens with two attached hydrogens (primary N) is 1. The summed E-state index contributed by atoms with van der Waals surface area (Å²) in [5.41, 5.74) is 7.28. The number of benzene rings is 1. The van der Waals surface area contributed by atoms with Crippen LogP contribution in [0.5, 0.6) is 5.75 Å². The molecular weight excluding hydrogens is 326 g/mol. The highest BCUT2D eigenvalue weighted by molar-refractivity contribution is 5.79. The molecule has 10 heteroatoms. The zero-order valence-electron chi connectivity index (χ0n) is 13.3. The van der Waals surface area contributed by atoms with Gasteiger partial charge >= 0.3 is 5.69 Å². The van der Waals surface area contributed by atoms with Gasteiger partial charge in [-0.2, -0.15) is 10.2 Å². The van der Waals surface area contributed by atoms with Gasteiger partial charge in [0.2, 0.25) is 5.95 Å².